The van der Waals surface area contributed by atoms with Crippen molar-refractivity contribution in [3.63, 3.8) is 0 Å². The third-order valence-corrected chi connectivity index (χ3v) is 6.55. The molecular formula is C22H17BrFN3O2S. The van der Waals surface area contributed by atoms with Crippen LogP contribution in [-0.4, -0.2) is 15.5 Å². The number of thiophene rings is 1. The van der Waals surface area contributed by atoms with Crippen LogP contribution in [0.5, 0.6) is 0 Å². The maximum atomic E-state index is 14.0. The second-order valence-corrected chi connectivity index (χ2v) is 8.83. The number of anilines is 1. The molecule has 152 valence electrons. The standard InChI is InChI=1S/C22H17BrFN3O2S/c1-12-9-15(23)7-8-17(12)26-20(28)19-13(2)18-21(30-19)25-11-27(22(18)29)10-14-5-3-4-6-16(14)24/h3-9,11H,10H2,1-2H3,(H,26,28). The predicted octanol–water partition coefficient (Wildman–Crippen LogP) is 5.28. The number of hydrogen-bond acceptors (Lipinski definition) is 4. The molecule has 8 heteroatoms. The Labute approximate surface area is 184 Å². The average Bonchev–Trinajstić information content (AvgIpc) is 3.05. The van der Waals surface area contributed by atoms with Crippen LogP contribution < -0.4 is 10.9 Å². The second-order valence-electron chi connectivity index (χ2n) is 6.92. The van der Waals surface area contributed by atoms with Crippen molar-refractivity contribution in [1.82, 2.24) is 9.55 Å². The Bertz CT molecular complexity index is 1350. The minimum atomic E-state index is -0.378. The molecule has 0 fully saturated rings. The van der Waals surface area contributed by atoms with E-state index in [1.807, 2.05) is 25.1 Å². The van der Waals surface area contributed by atoms with Gasteiger partial charge in [0.1, 0.15) is 10.6 Å². The van der Waals surface area contributed by atoms with Crippen LogP contribution in [-0.2, 0) is 6.54 Å². The summed E-state index contributed by atoms with van der Waals surface area (Å²) in [6.45, 7) is 3.71. The zero-order chi connectivity index (χ0) is 21.4. The van der Waals surface area contributed by atoms with Gasteiger partial charge in [0.25, 0.3) is 11.5 Å². The second kappa shape index (κ2) is 8.12. The fourth-order valence-corrected chi connectivity index (χ4v) is 4.76. The normalized spacial score (nSPS) is 11.1. The van der Waals surface area contributed by atoms with Crippen LogP contribution in [0.4, 0.5) is 10.1 Å². The predicted molar refractivity (Wildman–Crippen MR) is 121 cm³/mol. The number of nitrogens with one attached hydrogen (secondary N) is 1. The van der Waals surface area contributed by atoms with Gasteiger partial charge in [0.15, 0.2) is 0 Å². The molecule has 2 aromatic heterocycles. The zero-order valence-corrected chi connectivity index (χ0v) is 18.6. The number of amides is 1. The van der Waals surface area contributed by atoms with Gasteiger partial charge in [-0.25, -0.2) is 9.37 Å². The molecule has 0 aliphatic heterocycles. The van der Waals surface area contributed by atoms with Crippen molar-refractivity contribution in [1.29, 1.82) is 0 Å². The smallest absolute Gasteiger partial charge is 0.266 e. The fourth-order valence-electron chi connectivity index (χ4n) is 3.24. The summed E-state index contributed by atoms with van der Waals surface area (Å²) in [5.41, 5.74) is 2.29. The SMILES string of the molecule is Cc1cc(Br)ccc1NC(=O)c1sc2ncn(Cc3ccccc3F)c(=O)c2c1C. The van der Waals surface area contributed by atoms with Gasteiger partial charge in [-0.15, -0.1) is 11.3 Å². The first-order valence-electron chi connectivity index (χ1n) is 9.14. The van der Waals surface area contributed by atoms with E-state index in [4.69, 9.17) is 0 Å². The average molecular weight is 486 g/mol. The van der Waals surface area contributed by atoms with Crippen molar-refractivity contribution < 1.29 is 9.18 Å². The third-order valence-electron chi connectivity index (χ3n) is 4.86. The number of benzene rings is 2. The molecule has 1 N–H and O–H groups in total. The lowest BCUT2D eigenvalue weighted by atomic mass is 10.1. The van der Waals surface area contributed by atoms with Crippen LogP contribution in [0.2, 0.25) is 0 Å². The first-order chi connectivity index (χ1) is 14.3. The van der Waals surface area contributed by atoms with Crippen LogP contribution in [0.1, 0.15) is 26.4 Å². The van der Waals surface area contributed by atoms with Crippen LogP contribution in [0.3, 0.4) is 0 Å². The molecule has 4 rings (SSSR count). The molecule has 0 aliphatic carbocycles. The molecule has 0 bridgehead atoms. The summed E-state index contributed by atoms with van der Waals surface area (Å²) in [5.74, 6) is -0.669. The zero-order valence-electron chi connectivity index (χ0n) is 16.2. The molecule has 2 heterocycles. The highest BCUT2D eigenvalue weighted by Crippen LogP contribution is 2.28. The molecule has 0 saturated heterocycles. The Morgan fingerprint density at radius 3 is 2.73 bits per heavy atom. The van der Waals surface area contributed by atoms with E-state index in [1.54, 1.807) is 25.1 Å². The highest BCUT2D eigenvalue weighted by Gasteiger charge is 2.20. The van der Waals surface area contributed by atoms with Gasteiger partial charge in [0.05, 0.1) is 23.1 Å². The minimum absolute atomic E-state index is 0.0728. The van der Waals surface area contributed by atoms with Crippen molar-refractivity contribution in [2.75, 3.05) is 5.32 Å². The Hall–Kier alpha value is -2.84. The number of hydrogen-bond donors (Lipinski definition) is 1. The number of aryl methyl sites for hydroxylation is 2. The summed E-state index contributed by atoms with van der Waals surface area (Å²) in [6, 6.07) is 11.9. The summed E-state index contributed by atoms with van der Waals surface area (Å²) in [7, 11) is 0. The first-order valence-corrected chi connectivity index (χ1v) is 10.8. The van der Waals surface area contributed by atoms with Gasteiger partial charge in [-0.1, -0.05) is 34.1 Å². The molecule has 2 aromatic carbocycles. The van der Waals surface area contributed by atoms with Gasteiger partial charge in [0.2, 0.25) is 0 Å². The third kappa shape index (κ3) is 3.80. The summed E-state index contributed by atoms with van der Waals surface area (Å²) >= 11 is 4.58. The van der Waals surface area contributed by atoms with Gasteiger partial charge < -0.3 is 5.32 Å². The first kappa shape index (κ1) is 20.4. The number of fused-ring (bicyclic) bond motifs is 1. The van der Waals surface area contributed by atoms with E-state index in [-0.39, 0.29) is 23.8 Å². The van der Waals surface area contributed by atoms with Gasteiger partial charge in [0, 0.05) is 15.7 Å². The summed E-state index contributed by atoms with van der Waals surface area (Å²) in [4.78, 5) is 31.2. The lowest BCUT2D eigenvalue weighted by Crippen LogP contribution is -2.21. The lowest BCUT2D eigenvalue weighted by molar-refractivity contribution is 0.103. The van der Waals surface area contributed by atoms with Crippen molar-refractivity contribution in [2.24, 2.45) is 0 Å². The van der Waals surface area contributed by atoms with Crippen molar-refractivity contribution in [2.45, 2.75) is 20.4 Å². The highest BCUT2D eigenvalue weighted by molar-refractivity contribution is 9.10. The summed E-state index contributed by atoms with van der Waals surface area (Å²) in [5, 5.41) is 3.29. The van der Waals surface area contributed by atoms with E-state index in [1.165, 1.54) is 28.3 Å². The van der Waals surface area contributed by atoms with Gasteiger partial charge in [-0.2, -0.15) is 0 Å². The Morgan fingerprint density at radius 1 is 1.23 bits per heavy atom. The molecule has 4 aromatic rings. The number of carbonyl (C=O) groups is 1. The van der Waals surface area contributed by atoms with Crippen molar-refractivity contribution >= 4 is 49.1 Å². The van der Waals surface area contributed by atoms with E-state index in [0.29, 0.717) is 31.9 Å². The number of nitrogens with zero attached hydrogens (tertiary/aromatic N) is 2. The topological polar surface area (TPSA) is 64.0 Å². The number of carbonyl (C=O) groups excluding carboxylic acids is 1. The molecular weight excluding hydrogens is 469 g/mol. The molecule has 0 spiro atoms. The minimum Gasteiger partial charge on any atom is -0.321 e. The Morgan fingerprint density at radius 2 is 2.00 bits per heavy atom. The fraction of sp³-hybridized carbons (Fsp3) is 0.136. The van der Waals surface area contributed by atoms with Crippen LogP contribution in [0.15, 0.2) is 58.1 Å². The van der Waals surface area contributed by atoms with Gasteiger partial charge >= 0.3 is 0 Å². The maximum absolute atomic E-state index is 14.0. The van der Waals surface area contributed by atoms with E-state index < -0.39 is 0 Å². The van der Waals surface area contributed by atoms with E-state index in [0.717, 1.165) is 10.0 Å². The Kier molecular flexibility index (Phi) is 5.53. The number of rotatable bonds is 4. The molecule has 0 radical (unpaired) electrons. The summed E-state index contributed by atoms with van der Waals surface area (Å²) in [6.07, 6.45) is 1.40. The van der Waals surface area contributed by atoms with Crippen molar-refractivity contribution in [3.8, 4) is 0 Å². The largest absolute Gasteiger partial charge is 0.321 e. The molecule has 0 aliphatic rings. The monoisotopic (exact) mass is 485 g/mol. The van der Waals surface area contributed by atoms with Crippen LogP contribution >= 0.6 is 27.3 Å². The molecule has 1 amide bonds. The molecule has 0 unspecified atom stereocenters. The number of aromatic nitrogens is 2. The van der Waals surface area contributed by atoms with Gasteiger partial charge in [-0.3, -0.25) is 14.2 Å². The maximum Gasteiger partial charge on any atom is 0.266 e. The van der Waals surface area contributed by atoms with Crippen LogP contribution in [0, 0.1) is 19.7 Å². The highest BCUT2D eigenvalue weighted by atomic mass is 79.9. The molecule has 30 heavy (non-hydrogen) atoms. The van der Waals surface area contributed by atoms with Crippen LogP contribution in [0.25, 0.3) is 10.2 Å². The van der Waals surface area contributed by atoms with E-state index in [9.17, 15) is 14.0 Å². The van der Waals surface area contributed by atoms with Gasteiger partial charge in [-0.05, 0) is 49.2 Å². The molecule has 5 nitrogen and oxygen atoms in total. The quantitative estimate of drug-likeness (QED) is 0.427. The van der Waals surface area contributed by atoms with E-state index in [2.05, 4.69) is 26.2 Å². The van der Waals surface area contributed by atoms with E-state index >= 15 is 0 Å². The number of halogens is 2. The Balaban J connectivity index is 1.70. The lowest BCUT2D eigenvalue weighted by Gasteiger charge is -2.08. The molecule has 0 atom stereocenters. The van der Waals surface area contributed by atoms with Crippen molar-refractivity contribution in [3.05, 3.63) is 91.0 Å². The molecule has 0 saturated carbocycles. The summed E-state index contributed by atoms with van der Waals surface area (Å²) < 4.78 is 16.3.